The van der Waals surface area contributed by atoms with Crippen molar-refractivity contribution in [3.8, 4) is 11.5 Å². The van der Waals surface area contributed by atoms with Gasteiger partial charge in [0.2, 0.25) is 13.1 Å². The summed E-state index contributed by atoms with van der Waals surface area (Å²) >= 11 is 0. The largest absolute Gasteiger partial charge is 0.511 e. The number of benzene rings is 1. The van der Waals surface area contributed by atoms with Crippen molar-refractivity contribution in [2.24, 2.45) is 0 Å². The quantitative estimate of drug-likeness (QED) is 0.461. The molecule has 166 valence electrons. The second-order valence-corrected chi connectivity index (χ2v) is 9.32. The summed E-state index contributed by atoms with van der Waals surface area (Å²) in [6.07, 6.45) is -3.07. The molecule has 0 spiro atoms. The van der Waals surface area contributed by atoms with Crippen LogP contribution in [0, 0.1) is 0 Å². The predicted molar refractivity (Wildman–Crippen MR) is 104 cm³/mol. The molecule has 0 aromatic heterocycles. The van der Waals surface area contributed by atoms with Gasteiger partial charge in [0.05, 0.1) is 11.5 Å². The summed E-state index contributed by atoms with van der Waals surface area (Å²) < 4.78 is 47.8. The Morgan fingerprint density at radius 2 is 1.87 bits per heavy atom. The van der Waals surface area contributed by atoms with Crippen LogP contribution < -0.4 is 9.47 Å². The van der Waals surface area contributed by atoms with E-state index >= 15 is 0 Å². The maximum absolute atomic E-state index is 12.5. The van der Waals surface area contributed by atoms with Crippen LogP contribution in [0.2, 0.25) is 0 Å². The van der Waals surface area contributed by atoms with E-state index in [-0.39, 0.29) is 24.3 Å². The lowest BCUT2D eigenvalue weighted by Gasteiger charge is -2.29. The van der Waals surface area contributed by atoms with E-state index in [0.29, 0.717) is 24.5 Å². The molecule has 0 radical (unpaired) electrons. The minimum absolute atomic E-state index is 0.192. The summed E-state index contributed by atoms with van der Waals surface area (Å²) in [5.41, 5.74) is 0.973. The van der Waals surface area contributed by atoms with Crippen LogP contribution in [0.4, 0.5) is 9.59 Å². The first kappa shape index (κ1) is 22.0. The first-order valence-corrected chi connectivity index (χ1v) is 11.4. The Balaban J connectivity index is 1.47. The van der Waals surface area contributed by atoms with E-state index < -0.39 is 34.5 Å². The van der Waals surface area contributed by atoms with Crippen molar-refractivity contribution in [3.63, 3.8) is 0 Å². The number of rotatable bonds is 7. The Hall–Kier alpha value is -2.69. The lowest BCUT2D eigenvalue weighted by atomic mass is 10.1. The smallest absolute Gasteiger partial charge is 0.454 e. The first-order valence-electron chi connectivity index (χ1n) is 9.60. The molecule has 1 aromatic carbocycles. The van der Waals surface area contributed by atoms with Crippen LogP contribution in [0.15, 0.2) is 18.2 Å². The van der Waals surface area contributed by atoms with E-state index in [1.807, 2.05) is 32.0 Å². The molecule has 1 amide bonds. The number of ether oxygens (including phenoxy) is 5. The molecule has 0 N–H and O–H groups in total. The van der Waals surface area contributed by atoms with Crippen molar-refractivity contribution in [1.82, 2.24) is 4.90 Å². The highest BCUT2D eigenvalue weighted by Gasteiger charge is 2.37. The van der Waals surface area contributed by atoms with Crippen LogP contribution in [0.1, 0.15) is 26.3 Å². The molecule has 11 heteroatoms. The zero-order chi connectivity index (χ0) is 21.9. The van der Waals surface area contributed by atoms with Crippen molar-refractivity contribution in [2.45, 2.75) is 45.6 Å². The molecular formula is C19H25NO9S. The van der Waals surface area contributed by atoms with E-state index in [9.17, 15) is 18.0 Å². The molecule has 2 aliphatic heterocycles. The highest BCUT2D eigenvalue weighted by molar-refractivity contribution is 7.92. The molecule has 2 heterocycles. The van der Waals surface area contributed by atoms with Crippen LogP contribution in [-0.4, -0.2) is 68.8 Å². The first-order chi connectivity index (χ1) is 14.2. The minimum Gasteiger partial charge on any atom is -0.454 e. The van der Waals surface area contributed by atoms with Gasteiger partial charge in [0.1, 0.15) is 6.10 Å². The highest BCUT2D eigenvalue weighted by atomic mass is 32.2. The number of likely N-dealkylation sites (N-methyl/N-ethyl adjacent to an activating group) is 1. The van der Waals surface area contributed by atoms with Gasteiger partial charge in [0.15, 0.2) is 21.3 Å². The standard InChI is InChI=1S/C19H25NO9S/c1-4-20(12(2)7-14-5-6-16-17(8-14)26-11-25-16)18(21)27-13(3)28-19(22)29-15-9-30(23,24)10-15/h5-6,8,12-13,15H,4,7,9-11H2,1-3H3. The second-order valence-electron chi connectivity index (χ2n) is 7.16. The van der Waals surface area contributed by atoms with Gasteiger partial charge in [0.25, 0.3) is 0 Å². The molecule has 3 rings (SSSR count). The Morgan fingerprint density at radius 3 is 2.53 bits per heavy atom. The van der Waals surface area contributed by atoms with Gasteiger partial charge in [-0.15, -0.1) is 0 Å². The molecule has 10 nitrogen and oxygen atoms in total. The van der Waals surface area contributed by atoms with Crippen molar-refractivity contribution in [1.29, 1.82) is 0 Å². The fraction of sp³-hybridized carbons (Fsp3) is 0.579. The molecule has 2 aliphatic rings. The molecule has 30 heavy (non-hydrogen) atoms. The Morgan fingerprint density at radius 1 is 1.17 bits per heavy atom. The van der Waals surface area contributed by atoms with E-state index in [4.69, 9.17) is 23.7 Å². The molecule has 2 unspecified atom stereocenters. The van der Waals surface area contributed by atoms with Crippen LogP contribution in [0.5, 0.6) is 11.5 Å². The summed E-state index contributed by atoms with van der Waals surface area (Å²) in [6.45, 7) is 5.66. The van der Waals surface area contributed by atoms with Gasteiger partial charge >= 0.3 is 12.2 Å². The van der Waals surface area contributed by atoms with Gasteiger partial charge in [-0.2, -0.15) is 0 Å². The number of carbonyl (C=O) groups excluding carboxylic acids is 2. The molecule has 1 aromatic rings. The SMILES string of the molecule is CCN(C(=O)OC(C)OC(=O)OC1CS(=O)(=O)C1)C(C)Cc1ccc2c(c1)OCO2. The van der Waals surface area contributed by atoms with Crippen molar-refractivity contribution in [2.75, 3.05) is 24.8 Å². The number of hydrogen-bond donors (Lipinski definition) is 0. The Kier molecular flexibility index (Phi) is 6.59. The summed E-state index contributed by atoms with van der Waals surface area (Å²) in [5.74, 6) is 0.912. The van der Waals surface area contributed by atoms with Crippen molar-refractivity contribution >= 4 is 22.1 Å². The van der Waals surface area contributed by atoms with E-state index in [2.05, 4.69) is 0 Å². The van der Waals surface area contributed by atoms with Crippen LogP contribution >= 0.6 is 0 Å². The fourth-order valence-electron chi connectivity index (χ4n) is 3.26. The van der Waals surface area contributed by atoms with Gasteiger partial charge < -0.3 is 28.6 Å². The summed E-state index contributed by atoms with van der Waals surface area (Å²) in [6, 6.07) is 5.42. The van der Waals surface area contributed by atoms with Crippen LogP contribution in [-0.2, 0) is 30.5 Å². The monoisotopic (exact) mass is 443 g/mol. The van der Waals surface area contributed by atoms with Gasteiger partial charge in [-0.3, -0.25) is 0 Å². The van der Waals surface area contributed by atoms with Crippen molar-refractivity contribution in [3.05, 3.63) is 23.8 Å². The topological polar surface area (TPSA) is 118 Å². The second kappa shape index (κ2) is 8.99. The maximum atomic E-state index is 12.5. The normalized spacial score (nSPS) is 18.6. The number of fused-ring (bicyclic) bond motifs is 1. The number of carbonyl (C=O) groups is 2. The number of amides is 1. The van der Waals surface area contributed by atoms with Crippen LogP contribution in [0.3, 0.4) is 0 Å². The lowest BCUT2D eigenvalue weighted by Crippen LogP contribution is -2.45. The maximum Gasteiger partial charge on any atom is 0.511 e. The Bertz CT molecular complexity index is 889. The number of hydrogen-bond acceptors (Lipinski definition) is 9. The summed E-state index contributed by atoms with van der Waals surface area (Å²) in [4.78, 5) is 25.7. The highest BCUT2D eigenvalue weighted by Crippen LogP contribution is 2.33. The molecule has 0 bridgehead atoms. The molecule has 1 fully saturated rings. The van der Waals surface area contributed by atoms with Gasteiger partial charge in [-0.25, -0.2) is 18.0 Å². The summed E-state index contributed by atoms with van der Waals surface area (Å²) in [7, 11) is -3.12. The predicted octanol–water partition coefficient (Wildman–Crippen LogP) is 2.10. The number of sulfone groups is 1. The van der Waals surface area contributed by atoms with Crippen LogP contribution in [0.25, 0.3) is 0 Å². The van der Waals surface area contributed by atoms with E-state index in [1.165, 1.54) is 11.8 Å². The zero-order valence-corrected chi connectivity index (χ0v) is 17.8. The third kappa shape index (κ3) is 5.47. The number of nitrogens with zero attached hydrogens (tertiary/aromatic N) is 1. The molecule has 1 saturated heterocycles. The third-order valence-corrected chi connectivity index (χ3v) is 6.51. The molecular weight excluding hydrogens is 418 g/mol. The Labute approximate surface area is 174 Å². The summed E-state index contributed by atoms with van der Waals surface area (Å²) in [5, 5.41) is 0. The van der Waals surface area contributed by atoms with Gasteiger partial charge in [-0.05, 0) is 38.0 Å². The van der Waals surface area contributed by atoms with E-state index in [0.717, 1.165) is 5.56 Å². The molecule has 0 aliphatic carbocycles. The van der Waals surface area contributed by atoms with Crippen molar-refractivity contribution < 1.29 is 41.7 Å². The minimum atomic E-state index is -3.12. The van der Waals surface area contributed by atoms with Gasteiger partial charge in [-0.1, -0.05) is 6.07 Å². The average Bonchev–Trinajstić information content (AvgIpc) is 3.08. The fourth-order valence-corrected chi connectivity index (χ4v) is 4.43. The van der Waals surface area contributed by atoms with E-state index in [1.54, 1.807) is 0 Å². The zero-order valence-electron chi connectivity index (χ0n) is 17.0. The lowest BCUT2D eigenvalue weighted by molar-refractivity contribution is -0.0893. The third-order valence-electron chi connectivity index (χ3n) is 4.75. The molecule has 0 saturated carbocycles. The average molecular weight is 443 g/mol. The van der Waals surface area contributed by atoms with Gasteiger partial charge in [0, 0.05) is 19.5 Å². The molecule has 2 atom stereocenters.